The standard InChI is InChI=1S/C27H27F3N8/c1-27(2)13-31-7-6-20(27)35-26-22-16(14-3-4-14)11-32-12-19(22)34-24(38-26)15-5-8-33-21(9-15)36-25-18(29)10-17(28)23(30)37-25/h5,8-12,14,20,31H,3-4,6-7,13H2,1-2H3,(H,33,36,37)(H,34,35,38)/t20-/m0/s1. The lowest BCUT2D eigenvalue weighted by Crippen LogP contribution is -2.49. The van der Waals surface area contributed by atoms with Gasteiger partial charge in [-0.3, -0.25) is 4.98 Å². The minimum atomic E-state index is -1.40. The second-order valence-corrected chi connectivity index (χ2v) is 10.6. The molecule has 6 rings (SSSR count). The van der Waals surface area contributed by atoms with Gasteiger partial charge in [-0.2, -0.15) is 9.37 Å². The summed E-state index contributed by atoms with van der Waals surface area (Å²) in [6.45, 7) is 6.28. The average molecular weight is 521 g/mol. The third-order valence-electron chi connectivity index (χ3n) is 7.25. The van der Waals surface area contributed by atoms with Crippen LogP contribution >= 0.6 is 0 Å². The van der Waals surface area contributed by atoms with Crippen LogP contribution < -0.4 is 16.0 Å². The third-order valence-corrected chi connectivity index (χ3v) is 7.25. The van der Waals surface area contributed by atoms with Crippen molar-refractivity contribution in [2.24, 2.45) is 5.41 Å². The van der Waals surface area contributed by atoms with Crippen molar-refractivity contribution in [1.29, 1.82) is 0 Å². The fourth-order valence-corrected chi connectivity index (χ4v) is 4.94. The Balaban J connectivity index is 1.41. The maximum atomic E-state index is 14.2. The molecule has 5 heterocycles. The number of pyridine rings is 3. The largest absolute Gasteiger partial charge is 0.366 e. The SMILES string of the molecule is CC1(C)CNCC[C@@H]1Nc1nc(-c2ccnc(Nc3nc(F)c(F)cc3F)c2)nc2cncc(C3CC3)c12. The molecule has 0 spiro atoms. The number of nitrogens with zero attached hydrogens (tertiary/aromatic N) is 5. The molecule has 11 heteroatoms. The summed E-state index contributed by atoms with van der Waals surface area (Å²) in [5, 5.41) is 10.8. The summed E-state index contributed by atoms with van der Waals surface area (Å²) < 4.78 is 41.0. The van der Waals surface area contributed by atoms with Crippen molar-refractivity contribution in [2.75, 3.05) is 23.7 Å². The fraction of sp³-hybridized carbons (Fsp3) is 0.370. The predicted octanol–water partition coefficient (Wildman–Crippen LogP) is 5.32. The Morgan fingerprint density at radius 3 is 2.61 bits per heavy atom. The van der Waals surface area contributed by atoms with Crippen molar-refractivity contribution in [3.8, 4) is 11.4 Å². The van der Waals surface area contributed by atoms with Crippen LogP contribution in [0.15, 0.2) is 36.8 Å². The first-order valence-corrected chi connectivity index (χ1v) is 12.7. The summed E-state index contributed by atoms with van der Waals surface area (Å²) in [6, 6.07) is 3.98. The van der Waals surface area contributed by atoms with Gasteiger partial charge in [-0.15, -0.1) is 0 Å². The summed E-state index contributed by atoms with van der Waals surface area (Å²) >= 11 is 0. The van der Waals surface area contributed by atoms with Crippen molar-refractivity contribution in [3.63, 3.8) is 0 Å². The van der Waals surface area contributed by atoms with Crippen LogP contribution in [0.3, 0.4) is 0 Å². The summed E-state index contributed by atoms with van der Waals surface area (Å²) in [7, 11) is 0. The Morgan fingerprint density at radius 2 is 1.82 bits per heavy atom. The van der Waals surface area contributed by atoms with Gasteiger partial charge in [0.1, 0.15) is 11.6 Å². The minimum absolute atomic E-state index is 0.0116. The molecule has 1 saturated heterocycles. The smallest absolute Gasteiger partial charge is 0.251 e. The Morgan fingerprint density at radius 1 is 0.974 bits per heavy atom. The molecule has 1 atom stereocenters. The van der Waals surface area contributed by atoms with Crippen molar-refractivity contribution in [2.45, 2.75) is 45.1 Å². The second-order valence-electron chi connectivity index (χ2n) is 10.6. The number of rotatable bonds is 6. The first-order chi connectivity index (χ1) is 18.3. The van der Waals surface area contributed by atoms with Crippen LogP contribution in [-0.4, -0.2) is 44.1 Å². The van der Waals surface area contributed by atoms with Gasteiger partial charge in [0.2, 0.25) is 0 Å². The van der Waals surface area contributed by atoms with E-state index < -0.39 is 23.4 Å². The highest BCUT2D eigenvalue weighted by Crippen LogP contribution is 2.44. The van der Waals surface area contributed by atoms with E-state index in [1.54, 1.807) is 18.3 Å². The number of nitrogens with one attached hydrogen (secondary N) is 3. The number of piperidine rings is 1. The lowest BCUT2D eigenvalue weighted by atomic mass is 9.80. The van der Waals surface area contributed by atoms with E-state index in [2.05, 4.69) is 44.7 Å². The number of fused-ring (bicyclic) bond motifs is 1. The quantitative estimate of drug-likeness (QED) is 0.294. The minimum Gasteiger partial charge on any atom is -0.366 e. The van der Waals surface area contributed by atoms with E-state index in [4.69, 9.17) is 9.97 Å². The maximum Gasteiger partial charge on any atom is 0.251 e. The molecule has 3 N–H and O–H groups in total. The molecule has 8 nitrogen and oxygen atoms in total. The third kappa shape index (κ3) is 4.73. The van der Waals surface area contributed by atoms with Gasteiger partial charge >= 0.3 is 0 Å². The second kappa shape index (κ2) is 9.46. The monoisotopic (exact) mass is 520 g/mol. The van der Waals surface area contributed by atoms with Crippen LogP contribution in [-0.2, 0) is 0 Å². The summed E-state index contributed by atoms with van der Waals surface area (Å²) in [4.78, 5) is 21.7. The van der Waals surface area contributed by atoms with E-state index in [1.165, 1.54) is 6.20 Å². The van der Waals surface area contributed by atoms with Gasteiger partial charge in [0.05, 0.1) is 11.7 Å². The van der Waals surface area contributed by atoms with Crippen molar-refractivity contribution in [1.82, 2.24) is 30.2 Å². The van der Waals surface area contributed by atoms with E-state index in [9.17, 15) is 13.2 Å². The van der Waals surface area contributed by atoms with Crippen LogP contribution in [0.25, 0.3) is 22.3 Å². The summed E-state index contributed by atoms with van der Waals surface area (Å²) in [5.74, 6) is -2.44. The molecule has 1 aliphatic heterocycles. The molecule has 4 aromatic heterocycles. The van der Waals surface area contributed by atoms with Crippen molar-refractivity contribution >= 4 is 28.4 Å². The van der Waals surface area contributed by atoms with Gasteiger partial charge in [0, 0.05) is 42.0 Å². The number of hydrogen-bond acceptors (Lipinski definition) is 8. The van der Waals surface area contributed by atoms with Gasteiger partial charge in [-0.25, -0.2) is 23.7 Å². The van der Waals surface area contributed by atoms with Crippen LogP contribution in [0.1, 0.15) is 44.6 Å². The average Bonchev–Trinajstić information content (AvgIpc) is 3.74. The molecule has 1 saturated carbocycles. The number of anilines is 3. The molecular weight excluding hydrogens is 493 g/mol. The molecule has 38 heavy (non-hydrogen) atoms. The summed E-state index contributed by atoms with van der Waals surface area (Å²) in [5.41, 5.74) is 2.50. The topological polar surface area (TPSA) is 101 Å². The van der Waals surface area contributed by atoms with E-state index in [1.807, 2.05) is 6.20 Å². The molecule has 0 aromatic carbocycles. The Labute approximate surface area is 217 Å². The zero-order chi connectivity index (χ0) is 26.4. The molecular formula is C27H27F3N8. The van der Waals surface area contributed by atoms with Crippen LogP contribution in [0.2, 0.25) is 0 Å². The molecule has 0 radical (unpaired) electrons. The normalized spacial score (nSPS) is 18.9. The van der Waals surface area contributed by atoms with Gasteiger partial charge in [-0.05, 0) is 54.8 Å². The fourth-order valence-electron chi connectivity index (χ4n) is 4.94. The highest BCUT2D eigenvalue weighted by Gasteiger charge is 2.34. The van der Waals surface area contributed by atoms with Crippen molar-refractivity contribution < 1.29 is 13.2 Å². The first kappa shape index (κ1) is 24.5. The Kier molecular flexibility index (Phi) is 6.10. The molecule has 196 valence electrons. The Bertz CT molecular complexity index is 1520. The Hall–Kier alpha value is -3.86. The number of aromatic nitrogens is 5. The van der Waals surface area contributed by atoms with E-state index in [0.29, 0.717) is 23.4 Å². The highest BCUT2D eigenvalue weighted by atomic mass is 19.2. The van der Waals surface area contributed by atoms with Gasteiger partial charge in [0.15, 0.2) is 23.3 Å². The first-order valence-electron chi connectivity index (χ1n) is 12.7. The van der Waals surface area contributed by atoms with E-state index in [-0.39, 0.29) is 17.3 Å². The molecule has 2 aliphatic rings. The molecule has 0 amide bonds. The lowest BCUT2D eigenvalue weighted by molar-refractivity contribution is 0.236. The zero-order valence-electron chi connectivity index (χ0n) is 21.0. The predicted molar refractivity (Wildman–Crippen MR) is 139 cm³/mol. The number of halogens is 3. The number of hydrogen-bond donors (Lipinski definition) is 3. The molecule has 1 aliphatic carbocycles. The van der Waals surface area contributed by atoms with E-state index >= 15 is 0 Å². The van der Waals surface area contributed by atoms with E-state index in [0.717, 1.165) is 54.6 Å². The van der Waals surface area contributed by atoms with Gasteiger partial charge < -0.3 is 16.0 Å². The van der Waals surface area contributed by atoms with Crippen molar-refractivity contribution in [3.05, 3.63) is 59.9 Å². The van der Waals surface area contributed by atoms with Crippen LogP contribution in [0.4, 0.5) is 30.6 Å². The molecule has 2 fully saturated rings. The molecule has 4 aromatic rings. The zero-order valence-corrected chi connectivity index (χ0v) is 21.0. The van der Waals surface area contributed by atoms with Crippen LogP contribution in [0, 0.1) is 23.0 Å². The van der Waals surface area contributed by atoms with Gasteiger partial charge in [-0.1, -0.05) is 13.8 Å². The van der Waals surface area contributed by atoms with Gasteiger partial charge in [0.25, 0.3) is 5.95 Å². The van der Waals surface area contributed by atoms with Crippen LogP contribution in [0.5, 0.6) is 0 Å². The summed E-state index contributed by atoms with van der Waals surface area (Å²) in [6.07, 6.45) is 8.36. The molecule has 0 bridgehead atoms. The maximum absolute atomic E-state index is 14.2. The lowest BCUT2D eigenvalue weighted by Gasteiger charge is -2.40. The highest BCUT2D eigenvalue weighted by molar-refractivity contribution is 5.93. The molecule has 0 unspecified atom stereocenters.